The van der Waals surface area contributed by atoms with Crippen LogP contribution in [0.1, 0.15) is 121 Å². The third-order valence-electron chi connectivity index (χ3n) is 22.4. The maximum Gasteiger partial charge on any atom is 0.339 e. The molecule has 20 unspecified atom stereocenters. The second kappa shape index (κ2) is 16.9. The Bertz CT molecular complexity index is 2500. The minimum Gasteiger partial charge on any atom is -0.469 e. The number of ether oxygens (including phenoxy) is 4. The molecule has 14 nitrogen and oxygen atoms in total. The molecule has 13 rings (SSSR count). The maximum absolute atomic E-state index is 16.1. The summed E-state index contributed by atoms with van der Waals surface area (Å²) in [5.74, 6) is -1.36. The average Bonchev–Trinajstić information content (AvgIpc) is 3.78. The zero-order valence-corrected chi connectivity index (χ0v) is 42.3. The first-order chi connectivity index (χ1) is 34.7. The van der Waals surface area contributed by atoms with E-state index in [4.69, 9.17) is 23.4 Å². The Hall–Kier alpha value is -3.63. The summed E-state index contributed by atoms with van der Waals surface area (Å²) in [7, 11) is 0. The Balaban J connectivity index is 0.921. The lowest BCUT2D eigenvalue weighted by Crippen LogP contribution is -2.80. The summed E-state index contributed by atoms with van der Waals surface area (Å²) in [6, 6.07) is 12.8. The van der Waals surface area contributed by atoms with Crippen LogP contribution < -0.4 is 5.32 Å². The molecule has 1 aromatic heterocycles. The van der Waals surface area contributed by atoms with Crippen LogP contribution in [-0.2, 0) is 46.2 Å². The van der Waals surface area contributed by atoms with E-state index in [2.05, 4.69) is 53.7 Å². The van der Waals surface area contributed by atoms with Gasteiger partial charge in [0.05, 0.1) is 48.7 Å². The molecule has 5 saturated carbocycles. The van der Waals surface area contributed by atoms with Crippen molar-refractivity contribution in [3.8, 4) is 0 Å². The first-order valence-corrected chi connectivity index (χ1v) is 27.8. The van der Waals surface area contributed by atoms with Crippen molar-refractivity contribution in [3.05, 3.63) is 71.8 Å². The van der Waals surface area contributed by atoms with E-state index >= 15 is 9.59 Å². The lowest BCUT2D eigenvalue weighted by molar-refractivity contribution is -0.285. The molecule has 5 saturated heterocycles. The Labute approximate surface area is 422 Å². The molecule has 0 bridgehead atoms. The largest absolute Gasteiger partial charge is 0.469 e. The lowest BCUT2D eigenvalue weighted by atomic mass is 9.32. The van der Waals surface area contributed by atoms with Gasteiger partial charge in [0.2, 0.25) is 0 Å². The standard InChI is InChI=1S/C58H76N2O12/c1-53(2)46-45(64)47(65)57(37-11-7-10-33(23-37)22-32-8-5-4-6-9-32)44(56(46)30-69-52(67)55(51(56)72-53)19-14-34(26-55)28-61)15-18-54(3)48(70-50(66)49-58(54,57)71-49)39-17-21-68-43(39)25-40(42(63)29-62)35-12-13-38-36(24-35)16-20-60-31-59-27-41(38)60/h4-6,8-9,16-17,20-21,33-38,40-42,44,46-49,51,59,61-63,65H,7,10-15,18-19,22-31H2,1-3H3. The van der Waals surface area contributed by atoms with Gasteiger partial charge in [-0.15, -0.1) is 0 Å². The highest BCUT2D eigenvalue weighted by atomic mass is 16.7. The molecule has 6 aliphatic heterocycles. The Morgan fingerprint density at radius 2 is 1.75 bits per heavy atom. The van der Waals surface area contributed by atoms with E-state index < -0.39 is 81.2 Å². The van der Waals surface area contributed by atoms with Gasteiger partial charge in [-0.2, -0.15) is 0 Å². The summed E-state index contributed by atoms with van der Waals surface area (Å²) in [5, 5.41) is 50.1. The molecule has 2 aromatic rings. The van der Waals surface area contributed by atoms with Crippen molar-refractivity contribution in [2.24, 2.45) is 74.9 Å². The minimum absolute atomic E-state index is 0.0403. The number of epoxide rings is 1. The number of furan rings is 1. The van der Waals surface area contributed by atoms with Crippen molar-refractivity contribution in [3.63, 3.8) is 0 Å². The zero-order chi connectivity index (χ0) is 49.7. The third-order valence-corrected chi connectivity index (χ3v) is 22.4. The molecular weight excluding hydrogens is 917 g/mol. The predicted octanol–water partition coefficient (Wildman–Crippen LogP) is 5.83. The van der Waals surface area contributed by atoms with Crippen LogP contribution in [-0.4, -0.2) is 118 Å². The van der Waals surface area contributed by atoms with Crippen LogP contribution in [0.5, 0.6) is 0 Å². The number of cyclic esters (lactones) is 2. The van der Waals surface area contributed by atoms with E-state index in [1.807, 2.05) is 26.0 Å². The molecule has 10 fully saturated rings. The highest BCUT2D eigenvalue weighted by Gasteiger charge is 2.93. The molecule has 14 heteroatoms. The van der Waals surface area contributed by atoms with Crippen LogP contribution in [0, 0.1) is 74.9 Å². The number of aliphatic hydroxyl groups is 4. The highest BCUT2D eigenvalue weighted by Crippen LogP contribution is 2.83. The monoisotopic (exact) mass is 993 g/mol. The van der Waals surface area contributed by atoms with Gasteiger partial charge in [0.25, 0.3) is 0 Å². The van der Waals surface area contributed by atoms with Gasteiger partial charge in [-0.25, -0.2) is 4.79 Å². The summed E-state index contributed by atoms with van der Waals surface area (Å²) >= 11 is 0. The van der Waals surface area contributed by atoms with E-state index in [-0.39, 0.29) is 61.2 Å². The quantitative estimate of drug-likeness (QED) is 0.141. The molecule has 72 heavy (non-hydrogen) atoms. The van der Waals surface area contributed by atoms with E-state index in [0.717, 1.165) is 58.2 Å². The summed E-state index contributed by atoms with van der Waals surface area (Å²) in [4.78, 5) is 48.1. The average molecular weight is 993 g/mol. The van der Waals surface area contributed by atoms with Crippen LogP contribution in [0.25, 0.3) is 0 Å². The molecule has 3 spiro atoms. The van der Waals surface area contributed by atoms with Crippen LogP contribution in [0.3, 0.4) is 0 Å². The number of hydrogen-bond acceptors (Lipinski definition) is 14. The zero-order valence-electron chi connectivity index (χ0n) is 42.3. The molecule has 0 amide bonds. The fourth-order valence-corrected chi connectivity index (χ4v) is 19.7. The second-order valence-electron chi connectivity index (χ2n) is 25.7. The molecule has 20 atom stereocenters. The predicted molar refractivity (Wildman–Crippen MR) is 260 cm³/mol. The molecule has 1 aromatic carbocycles. The van der Waals surface area contributed by atoms with Gasteiger partial charge in [-0.1, -0.05) is 56.2 Å². The number of fused-ring (bicyclic) bond motifs is 5. The second-order valence-corrected chi connectivity index (χ2v) is 25.7. The molecular formula is C58H76N2O12. The lowest BCUT2D eigenvalue weighted by Gasteiger charge is -2.70. The fraction of sp³-hybridized carbons (Fsp3) is 0.741. The van der Waals surface area contributed by atoms with E-state index in [0.29, 0.717) is 74.1 Å². The number of aliphatic hydroxyl groups excluding tert-OH is 4. The highest BCUT2D eigenvalue weighted by molar-refractivity contribution is 5.93. The number of ketones is 1. The Morgan fingerprint density at radius 1 is 0.917 bits per heavy atom. The first-order valence-electron chi connectivity index (χ1n) is 27.8. The van der Waals surface area contributed by atoms with Crippen molar-refractivity contribution in [2.75, 3.05) is 33.0 Å². The number of allylic oxidation sites excluding steroid dienone is 1. The number of Topliss-reactive ketones (excluding diaryl/α,β-unsaturated/α-hetero) is 1. The molecule has 7 heterocycles. The Morgan fingerprint density at radius 3 is 2.54 bits per heavy atom. The molecule has 390 valence electrons. The Kier molecular flexibility index (Phi) is 11.3. The number of nitrogens with zero attached hydrogens (tertiary/aromatic N) is 1. The fourth-order valence-electron chi connectivity index (χ4n) is 19.7. The molecule has 11 aliphatic rings. The molecule has 0 radical (unpaired) electrons. The van der Waals surface area contributed by atoms with E-state index in [1.54, 1.807) is 6.26 Å². The topological polar surface area (TPSA) is 201 Å². The SMILES string of the molecule is CC1(C)OC2C3(CCC(CO)C3)C(=O)OCC23C1C(=O)C(O)C1(C2CCCC(Cc4ccccc4)C2)C3CCC2(C)C(c3ccoc3CC(C(O)CO)C3CCC4C(C=CN5CNCC45)C3)OC(=O)C3OC321. The maximum atomic E-state index is 16.1. The van der Waals surface area contributed by atoms with Gasteiger partial charge in [0, 0.05) is 47.4 Å². The number of hydrogen-bond donors (Lipinski definition) is 5. The van der Waals surface area contributed by atoms with Crippen molar-refractivity contribution in [2.45, 2.75) is 158 Å². The van der Waals surface area contributed by atoms with Crippen molar-refractivity contribution in [1.29, 1.82) is 0 Å². The summed E-state index contributed by atoms with van der Waals surface area (Å²) in [6.45, 7) is 7.33. The molecule has 5 N–H and O–H groups in total. The third kappa shape index (κ3) is 6.35. The number of nitrogens with one attached hydrogen (secondary N) is 1. The first kappa shape index (κ1) is 48.0. The van der Waals surface area contributed by atoms with Crippen LogP contribution in [0.2, 0.25) is 0 Å². The number of carbonyl (C=O) groups excluding carboxylic acids is 3. The van der Waals surface area contributed by atoms with Gasteiger partial charge in [-0.3, -0.25) is 14.9 Å². The normalized spacial score (nSPS) is 47.2. The van der Waals surface area contributed by atoms with Gasteiger partial charge in [-0.05, 0) is 150 Å². The van der Waals surface area contributed by atoms with Crippen LogP contribution >= 0.6 is 0 Å². The summed E-state index contributed by atoms with van der Waals surface area (Å²) < 4.78 is 34.1. The summed E-state index contributed by atoms with van der Waals surface area (Å²) in [6.07, 6.45) is 10.8. The minimum atomic E-state index is -1.53. The smallest absolute Gasteiger partial charge is 0.339 e. The number of carbonyl (C=O) groups is 3. The van der Waals surface area contributed by atoms with Gasteiger partial charge < -0.3 is 48.7 Å². The van der Waals surface area contributed by atoms with Gasteiger partial charge in [0.1, 0.15) is 30.2 Å². The number of rotatable bonds is 10. The van der Waals surface area contributed by atoms with Crippen molar-refractivity contribution >= 4 is 17.7 Å². The summed E-state index contributed by atoms with van der Waals surface area (Å²) in [5.41, 5.74) is -4.94. The van der Waals surface area contributed by atoms with Gasteiger partial charge in [0.15, 0.2) is 11.9 Å². The van der Waals surface area contributed by atoms with E-state index in [9.17, 15) is 25.2 Å². The van der Waals surface area contributed by atoms with Crippen LogP contribution in [0.4, 0.5) is 0 Å². The van der Waals surface area contributed by atoms with Crippen LogP contribution in [0.15, 0.2) is 59.4 Å². The van der Waals surface area contributed by atoms with Crippen molar-refractivity contribution < 1.29 is 58.2 Å². The molecule has 5 aliphatic carbocycles. The number of esters is 2. The number of benzene rings is 1. The van der Waals surface area contributed by atoms with Gasteiger partial charge >= 0.3 is 11.9 Å². The van der Waals surface area contributed by atoms with E-state index in [1.165, 1.54) is 5.56 Å². The van der Waals surface area contributed by atoms with Crippen molar-refractivity contribution in [1.82, 2.24) is 10.2 Å².